The fourth-order valence-corrected chi connectivity index (χ4v) is 3.00. The van der Waals surface area contributed by atoms with E-state index in [9.17, 15) is 14.7 Å². The summed E-state index contributed by atoms with van der Waals surface area (Å²) in [6, 6.07) is 2.18. The number of ether oxygens (including phenoxy) is 3. The van der Waals surface area contributed by atoms with Gasteiger partial charge in [-0.05, 0) is 20.5 Å². The lowest BCUT2D eigenvalue weighted by atomic mass is 10.1. The lowest BCUT2D eigenvalue weighted by molar-refractivity contribution is -0.141. The Balaban J connectivity index is 2.43. The van der Waals surface area contributed by atoms with E-state index >= 15 is 0 Å². The van der Waals surface area contributed by atoms with Crippen LogP contribution in [0, 0.1) is 0 Å². The van der Waals surface area contributed by atoms with Crippen LogP contribution in [0.3, 0.4) is 0 Å². The third kappa shape index (κ3) is 3.63. The lowest BCUT2D eigenvalue weighted by Crippen LogP contribution is -2.41. The summed E-state index contributed by atoms with van der Waals surface area (Å²) >= 11 is 0. The Morgan fingerprint density at radius 2 is 1.64 bits per heavy atom. The first-order valence-electron chi connectivity index (χ1n) is 7.84. The second-order valence-corrected chi connectivity index (χ2v) is 6.07. The molecule has 2 atom stereocenters. The second-order valence-electron chi connectivity index (χ2n) is 6.07. The van der Waals surface area contributed by atoms with Crippen molar-refractivity contribution in [2.45, 2.75) is 18.5 Å². The van der Waals surface area contributed by atoms with Gasteiger partial charge in [-0.2, -0.15) is 0 Å². The molecule has 0 saturated carbocycles. The number of hydrogen-bond donors (Lipinski definition) is 1. The number of likely N-dealkylation sites (N-methyl/N-ethyl adjacent to an activating group) is 1. The molecule has 25 heavy (non-hydrogen) atoms. The number of benzene rings is 1. The second kappa shape index (κ2) is 7.60. The maximum Gasteiger partial charge on any atom is 0.326 e. The van der Waals surface area contributed by atoms with E-state index in [4.69, 9.17) is 14.2 Å². The molecule has 0 spiro atoms. The molecular formula is C17H24N2O6. The number of hydrogen-bond acceptors (Lipinski definition) is 6. The third-order valence-corrected chi connectivity index (χ3v) is 4.49. The zero-order valence-electron chi connectivity index (χ0n) is 15.1. The molecule has 8 heteroatoms. The predicted octanol–water partition coefficient (Wildman–Crippen LogP) is 0.942. The maximum atomic E-state index is 13.0. The first-order valence-corrected chi connectivity index (χ1v) is 7.84. The van der Waals surface area contributed by atoms with Crippen LogP contribution >= 0.6 is 0 Å². The van der Waals surface area contributed by atoms with Crippen molar-refractivity contribution in [1.29, 1.82) is 0 Å². The quantitative estimate of drug-likeness (QED) is 0.815. The van der Waals surface area contributed by atoms with Crippen molar-refractivity contribution in [1.82, 2.24) is 9.80 Å². The zero-order chi connectivity index (χ0) is 18.7. The van der Waals surface area contributed by atoms with Crippen LogP contribution in [0.2, 0.25) is 0 Å². The molecule has 2 rings (SSSR count). The number of methoxy groups -OCH3 is 3. The van der Waals surface area contributed by atoms with E-state index in [-0.39, 0.29) is 11.6 Å². The van der Waals surface area contributed by atoms with Gasteiger partial charge in [0, 0.05) is 24.7 Å². The van der Waals surface area contributed by atoms with Crippen LogP contribution < -0.4 is 14.2 Å². The molecule has 1 amide bonds. The predicted molar refractivity (Wildman–Crippen MR) is 90.7 cm³/mol. The Hall–Kier alpha value is -2.48. The Morgan fingerprint density at radius 1 is 1.08 bits per heavy atom. The van der Waals surface area contributed by atoms with Gasteiger partial charge in [-0.25, -0.2) is 4.79 Å². The summed E-state index contributed by atoms with van der Waals surface area (Å²) < 4.78 is 15.8. The number of carboxylic acids is 1. The summed E-state index contributed by atoms with van der Waals surface area (Å²) in [7, 11) is 8.14. The molecule has 8 nitrogen and oxygen atoms in total. The number of amides is 1. The van der Waals surface area contributed by atoms with E-state index in [1.807, 2.05) is 19.0 Å². The van der Waals surface area contributed by atoms with Crippen molar-refractivity contribution in [2.75, 3.05) is 42.0 Å². The molecule has 1 aromatic rings. The largest absolute Gasteiger partial charge is 0.496 e. The van der Waals surface area contributed by atoms with E-state index < -0.39 is 17.9 Å². The number of likely N-dealkylation sites (tertiary alicyclic amines) is 1. The molecular weight excluding hydrogens is 328 g/mol. The Bertz CT molecular complexity index is 661. The van der Waals surface area contributed by atoms with Gasteiger partial charge in [0.15, 0.2) is 11.5 Å². The highest BCUT2D eigenvalue weighted by molar-refractivity contribution is 6.00. The molecule has 1 fully saturated rings. The van der Waals surface area contributed by atoms with E-state index in [0.717, 1.165) is 0 Å². The molecule has 0 aliphatic carbocycles. The van der Waals surface area contributed by atoms with Crippen LogP contribution in [0.5, 0.6) is 17.2 Å². The maximum absolute atomic E-state index is 13.0. The smallest absolute Gasteiger partial charge is 0.326 e. The standard InChI is InChI=1S/C17H24N2O6/c1-18(2)10-6-12(17(21)22)19(9-10)16(20)11-7-14(24-4)15(25-5)8-13(11)23-3/h7-8,10,12H,6,9H2,1-5H3,(H,21,22)/t10-,12+/m1/s1. The van der Waals surface area contributed by atoms with Gasteiger partial charge in [0.1, 0.15) is 11.8 Å². The molecule has 0 radical (unpaired) electrons. The highest BCUT2D eigenvalue weighted by Gasteiger charge is 2.41. The summed E-state index contributed by atoms with van der Waals surface area (Å²) in [5.74, 6) is -0.313. The minimum atomic E-state index is -1.02. The van der Waals surface area contributed by atoms with Gasteiger partial charge >= 0.3 is 5.97 Å². The number of carbonyl (C=O) groups excluding carboxylic acids is 1. The third-order valence-electron chi connectivity index (χ3n) is 4.49. The van der Waals surface area contributed by atoms with Gasteiger partial charge in [-0.3, -0.25) is 4.79 Å². The fourth-order valence-electron chi connectivity index (χ4n) is 3.00. The average Bonchev–Trinajstić information content (AvgIpc) is 3.05. The highest BCUT2D eigenvalue weighted by Crippen LogP contribution is 2.36. The number of aliphatic carboxylic acids is 1. The first-order chi connectivity index (χ1) is 11.8. The topological polar surface area (TPSA) is 88.5 Å². The van der Waals surface area contributed by atoms with Crippen LogP contribution in [-0.2, 0) is 4.79 Å². The van der Waals surface area contributed by atoms with E-state index in [0.29, 0.717) is 30.2 Å². The lowest BCUT2D eigenvalue weighted by Gasteiger charge is -2.23. The molecule has 1 saturated heterocycles. The zero-order valence-corrected chi connectivity index (χ0v) is 15.1. The van der Waals surface area contributed by atoms with Gasteiger partial charge in [0.05, 0.1) is 26.9 Å². The molecule has 1 aliphatic rings. The molecule has 1 aliphatic heterocycles. The number of carbonyl (C=O) groups is 2. The van der Waals surface area contributed by atoms with Crippen molar-refractivity contribution in [3.8, 4) is 17.2 Å². The van der Waals surface area contributed by atoms with Crippen molar-refractivity contribution in [2.24, 2.45) is 0 Å². The summed E-state index contributed by atoms with van der Waals surface area (Å²) in [6.07, 6.45) is 0.379. The fraction of sp³-hybridized carbons (Fsp3) is 0.529. The minimum absolute atomic E-state index is 0.0174. The minimum Gasteiger partial charge on any atom is -0.496 e. The van der Waals surface area contributed by atoms with Crippen molar-refractivity contribution in [3.63, 3.8) is 0 Å². The van der Waals surface area contributed by atoms with Gasteiger partial charge < -0.3 is 29.1 Å². The Morgan fingerprint density at radius 3 is 2.12 bits per heavy atom. The van der Waals surface area contributed by atoms with Crippen LogP contribution in [0.1, 0.15) is 16.8 Å². The van der Waals surface area contributed by atoms with Crippen molar-refractivity contribution >= 4 is 11.9 Å². The molecule has 138 valence electrons. The summed E-state index contributed by atoms with van der Waals surface area (Å²) in [6.45, 7) is 0.334. The molecule has 1 heterocycles. The molecule has 0 bridgehead atoms. The van der Waals surface area contributed by atoms with Gasteiger partial charge in [-0.15, -0.1) is 0 Å². The molecule has 1 N–H and O–H groups in total. The summed E-state index contributed by atoms with van der Waals surface area (Å²) in [5, 5.41) is 9.50. The van der Waals surface area contributed by atoms with Crippen molar-refractivity contribution < 1.29 is 28.9 Å². The molecule has 1 aromatic carbocycles. The summed E-state index contributed by atoms with van der Waals surface area (Å²) in [5.41, 5.74) is 0.241. The molecule has 0 aromatic heterocycles. The molecule has 0 unspecified atom stereocenters. The Kier molecular flexibility index (Phi) is 5.73. The van der Waals surface area contributed by atoms with Crippen molar-refractivity contribution in [3.05, 3.63) is 17.7 Å². The number of rotatable bonds is 6. The van der Waals surface area contributed by atoms with E-state index in [2.05, 4.69) is 0 Å². The Labute approximate surface area is 146 Å². The van der Waals surface area contributed by atoms with Gasteiger partial charge in [-0.1, -0.05) is 0 Å². The van der Waals surface area contributed by atoms with Crippen LogP contribution in [-0.4, -0.2) is 80.8 Å². The van der Waals surface area contributed by atoms with E-state index in [1.54, 1.807) is 6.07 Å². The van der Waals surface area contributed by atoms with Crippen LogP contribution in [0.15, 0.2) is 12.1 Å². The number of nitrogens with zero attached hydrogens (tertiary/aromatic N) is 2. The summed E-state index contributed by atoms with van der Waals surface area (Å²) in [4.78, 5) is 27.9. The SMILES string of the molecule is COc1cc(OC)c(C(=O)N2C[C@H](N(C)C)C[C@H]2C(=O)O)cc1OC. The van der Waals surface area contributed by atoms with E-state index in [1.165, 1.54) is 32.3 Å². The average molecular weight is 352 g/mol. The normalized spacial score (nSPS) is 19.8. The number of carboxylic acid groups (broad SMARTS) is 1. The van der Waals surface area contributed by atoms with Gasteiger partial charge in [0.2, 0.25) is 0 Å². The highest BCUT2D eigenvalue weighted by atomic mass is 16.5. The first kappa shape index (κ1) is 18.9. The van der Waals surface area contributed by atoms with Gasteiger partial charge in [0.25, 0.3) is 5.91 Å². The van der Waals surface area contributed by atoms with Crippen LogP contribution in [0.4, 0.5) is 0 Å². The van der Waals surface area contributed by atoms with Crippen LogP contribution in [0.25, 0.3) is 0 Å². The monoisotopic (exact) mass is 352 g/mol.